The molecule has 0 unspecified atom stereocenters. The van der Waals surface area contributed by atoms with E-state index >= 15 is 0 Å². The van der Waals surface area contributed by atoms with Crippen molar-refractivity contribution in [2.45, 2.75) is 0 Å². The summed E-state index contributed by atoms with van der Waals surface area (Å²) >= 11 is 11.0. The van der Waals surface area contributed by atoms with Gasteiger partial charge in [-0.25, -0.2) is 4.98 Å². The molecule has 0 atom stereocenters. The monoisotopic (exact) mass is 246 g/mol. The van der Waals surface area contributed by atoms with Gasteiger partial charge >= 0.3 is 0 Å². The number of pyridine rings is 2. The Balaban J connectivity index is 2.60. The van der Waals surface area contributed by atoms with E-state index in [9.17, 15) is 0 Å². The van der Waals surface area contributed by atoms with Crippen LogP contribution in [0.2, 0.25) is 5.15 Å². The van der Waals surface area contributed by atoms with Gasteiger partial charge in [0.1, 0.15) is 9.79 Å². The Hall–Kier alpha value is -1.45. The maximum absolute atomic E-state index is 5.91. The zero-order valence-electron chi connectivity index (χ0n) is 8.20. The van der Waals surface area contributed by atoms with Crippen LogP contribution in [0, 0.1) is 4.64 Å². The molecule has 2 heterocycles. The second kappa shape index (κ2) is 3.54. The molecular weight excluding hydrogens is 240 g/mol. The van der Waals surface area contributed by atoms with Crippen molar-refractivity contribution in [3.63, 3.8) is 0 Å². The molecule has 3 aromatic rings. The molecular formula is C12H7ClN2S. The van der Waals surface area contributed by atoms with Gasteiger partial charge in [-0.1, -0.05) is 36.0 Å². The van der Waals surface area contributed by atoms with Crippen LogP contribution < -0.4 is 0 Å². The summed E-state index contributed by atoms with van der Waals surface area (Å²) in [4.78, 5) is 7.49. The highest BCUT2D eigenvalue weighted by Gasteiger charge is 2.02. The molecule has 0 bridgehead atoms. The summed E-state index contributed by atoms with van der Waals surface area (Å²) < 4.78 is 0.696. The highest BCUT2D eigenvalue weighted by molar-refractivity contribution is 7.71. The number of nitrogens with one attached hydrogen (secondary N) is 1. The molecule has 78 valence electrons. The number of aromatic amines is 1. The van der Waals surface area contributed by atoms with Crippen molar-refractivity contribution in [3.8, 4) is 0 Å². The third-order valence-electron chi connectivity index (χ3n) is 2.52. The van der Waals surface area contributed by atoms with Crippen molar-refractivity contribution >= 4 is 45.6 Å². The van der Waals surface area contributed by atoms with Gasteiger partial charge in [0.15, 0.2) is 0 Å². The molecule has 0 fully saturated rings. The average molecular weight is 247 g/mol. The predicted molar refractivity (Wildman–Crippen MR) is 69.4 cm³/mol. The van der Waals surface area contributed by atoms with E-state index in [1.807, 2.05) is 30.3 Å². The quantitative estimate of drug-likeness (QED) is 0.368. The smallest absolute Gasteiger partial charge is 0.129 e. The second-order valence-electron chi connectivity index (χ2n) is 3.56. The minimum Gasteiger partial charge on any atom is -0.344 e. The minimum absolute atomic E-state index is 0.489. The Morgan fingerprint density at radius 2 is 1.69 bits per heavy atom. The van der Waals surface area contributed by atoms with Crippen LogP contribution >= 0.6 is 23.8 Å². The lowest BCUT2D eigenvalue weighted by Crippen LogP contribution is -1.85. The summed E-state index contributed by atoms with van der Waals surface area (Å²) in [6.45, 7) is 0. The van der Waals surface area contributed by atoms with Crippen molar-refractivity contribution in [3.05, 3.63) is 46.2 Å². The summed E-state index contributed by atoms with van der Waals surface area (Å²) in [5.41, 5.74) is 1.80. The van der Waals surface area contributed by atoms with E-state index in [4.69, 9.17) is 23.8 Å². The first kappa shape index (κ1) is 9.75. The Bertz CT molecular complexity index is 749. The third-order valence-corrected chi connectivity index (χ3v) is 2.97. The van der Waals surface area contributed by atoms with E-state index in [-0.39, 0.29) is 0 Å². The zero-order chi connectivity index (χ0) is 11.1. The predicted octanol–water partition coefficient (Wildman–Crippen LogP) is 4.10. The van der Waals surface area contributed by atoms with E-state index in [1.165, 1.54) is 0 Å². The van der Waals surface area contributed by atoms with Crippen molar-refractivity contribution in [1.29, 1.82) is 0 Å². The Kier molecular flexibility index (Phi) is 2.16. The van der Waals surface area contributed by atoms with E-state index in [1.54, 1.807) is 6.07 Å². The molecule has 1 aromatic carbocycles. The molecule has 0 radical (unpaired) electrons. The number of H-pyrrole nitrogens is 1. The largest absolute Gasteiger partial charge is 0.344 e. The Morgan fingerprint density at radius 3 is 2.56 bits per heavy atom. The number of hydrogen-bond acceptors (Lipinski definition) is 2. The molecule has 3 rings (SSSR count). The van der Waals surface area contributed by atoms with Gasteiger partial charge in [-0.05, 0) is 24.3 Å². The highest BCUT2D eigenvalue weighted by Crippen LogP contribution is 2.23. The van der Waals surface area contributed by atoms with Crippen LogP contribution in [0.5, 0.6) is 0 Å². The second-order valence-corrected chi connectivity index (χ2v) is 4.39. The number of benzene rings is 1. The minimum atomic E-state index is 0.489. The fourth-order valence-corrected chi connectivity index (χ4v) is 2.10. The van der Waals surface area contributed by atoms with E-state index in [0.29, 0.717) is 9.79 Å². The number of hydrogen-bond donors (Lipinski definition) is 1. The fraction of sp³-hybridized carbons (Fsp3) is 0. The molecule has 0 amide bonds. The lowest BCUT2D eigenvalue weighted by atomic mass is 10.1. The molecule has 4 heteroatoms. The van der Waals surface area contributed by atoms with Gasteiger partial charge in [0, 0.05) is 10.8 Å². The van der Waals surface area contributed by atoms with Gasteiger partial charge in [0.2, 0.25) is 0 Å². The first-order valence-corrected chi connectivity index (χ1v) is 5.61. The molecule has 2 aromatic heterocycles. The van der Waals surface area contributed by atoms with Crippen molar-refractivity contribution in [2.24, 2.45) is 0 Å². The zero-order valence-corrected chi connectivity index (χ0v) is 9.77. The van der Waals surface area contributed by atoms with Crippen molar-refractivity contribution in [1.82, 2.24) is 9.97 Å². The average Bonchev–Trinajstić information content (AvgIpc) is 2.29. The van der Waals surface area contributed by atoms with E-state index in [2.05, 4.69) is 9.97 Å². The number of fused-ring (bicyclic) bond motifs is 3. The van der Waals surface area contributed by atoms with Crippen molar-refractivity contribution < 1.29 is 0 Å². The number of halogens is 1. The third kappa shape index (κ3) is 1.49. The molecule has 2 nitrogen and oxygen atoms in total. The number of aromatic nitrogens is 2. The van der Waals surface area contributed by atoms with Crippen LogP contribution in [0.25, 0.3) is 21.8 Å². The summed E-state index contributed by atoms with van der Waals surface area (Å²) in [5, 5.41) is 2.62. The maximum atomic E-state index is 5.91. The van der Waals surface area contributed by atoms with Gasteiger partial charge in [-0.2, -0.15) is 0 Å². The van der Waals surface area contributed by atoms with Gasteiger partial charge in [0.05, 0.1) is 11.0 Å². The van der Waals surface area contributed by atoms with Crippen LogP contribution in [-0.4, -0.2) is 9.97 Å². The fourth-order valence-electron chi connectivity index (χ4n) is 1.78. The first-order chi connectivity index (χ1) is 7.74. The molecule has 0 saturated heterocycles. The number of rotatable bonds is 0. The van der Waals surface area contributed by atoms with Crippen LogP contribution in [0.1, 0.15) is 0 Å². The van der Waals surface area contributed by atoms with E-state index < -0.39 is 0 Å². The lowest BCUT2D eigenvalue weighted by molar-refractivity contribution is 1.35. The summed E-state index contributed by atoms with van der Waals surface area (Å²) in [7, 11) is 0. The molecule has 1 N–H and O–H groups in total. The highest BCUT2D eigenvalue weighted by atomic mass is 35.5. The van der Waals surface area contributed by atoms with E-state index in [0.717, 1.165) is 21.8 Å². The molecule has 0 aliphatic heterocycles. The Morgan fingerprint density at radius 1 is 1.00 bits per heavy atom. The van der Waals surface area contributed by atoms with Gasteiger partial charge in [-0.3, -0.25) is 0 Å². The lowest BCUT2D eigenvalue weighted by Gasteiger charge is -2.03. The molecule has 0 saturated carbocycles. The molecule has 0 aliphatic rings. The maximum Gasteiger partial charge on any atom is 0.129 e. The molecule has 0 aliphatic carbocycles. The first-order valence-electron chi connectivity index (χ1n) is 4.82. The summed E-state index contributed by atoms with van der Waals surface area (Å²) in [6, 6.07) is 11.7. The SMILES string of the molecule is S=c1ccc2ccc3ccc(Cl)nc3c2[nH]1. The van der Waals surface area contributed by atoms with Gasteiger partial charge < -0.3 is 4.98 Å². The molecule has 0 spiro atoms. The van der Waals surface area contributed by atoms with Crippen LogP contribution in [-0.2, 0) is 0 Å². The Labute approximate surface area is 102 Å². The molecule has 16 heavy (non-hydrogen) atoms. The van der Waals surface area contributed by atoms with Crippen LogP contribution in [0.3, 0.4) is 0 Å². The van der Waals surface area contributed by atoms with Gasteiger partial charge in [-0.15, -0.1) is 0 Å². The van der Waals surface area contributed by atoms with Gasteiger partial charge in [0.25, 0.3) is 0 Å². The van der Waals surface area contributed by atoms with Crippen LogP contribution in [0.4, 0.5) is 0 Å². The number of nitrogens with zero attached hydrogens (tertiary/aromatic N) is 1. The standard InChI is InChI=1S/C12H7ClN2S/c13-9-5-3-7-1-2-8-4-6-10(16)15-12(8)11(7)14-9/h1-6H,(H,15,16). The normalized spacial score (nSPS) is 11.1. The van der Waals surface area contributed by atoms with Crippen molar-refractivity contribution in [2.75, 3.05) is 0 Å². The van der Waals surface area contributed by atoms with Crippen LogP contribution in [0.15, 0.2) is 36.4 Å². The summed E-state index contributed by atoms with van der Waals surface area (Å²) in [6.07, 6.45) is 0. The summed E-state index contributed by atoms with van der Waals surface area (Å²) in [5.74, 6) is 0. The topological polar surface area (TPSA) is 28.7 Å².